The summed E-state index contributed by atoms with van der Waals surface area (Å²) in [4.78, 5) is 13.2. The number of benzene rings is 2. The van der Waals surface area contributed by atoms with Gasteiger partial charge in [0.25, 0.3) is 0 Å². The number of rotatable bonds is 8. The molecule has 2 aromatic carbocycles. The second-order valence-corrected chi connectivity index (χ2v) is 10.1. The molecule has 1 saturated heterocycles. The highest BCUT2D eigenvalue weighted by Crippen LogP contribution is 2.31. The zero-order valence-corrected chi connectivity index (χ0v) is 19.6. The number of ether oxygens (including phenoxy) is 1. The van der Waals surface area contributed by atoms with Gasteiger partial charge in [-0.05, 0) is 42.3 Å². The summed E-state index contributed by atoms with van der Waals surface area (Å²) in [5.41, 5.74) is 2.13. The molecule has 0 aliphatic carbocycles. The van der Waals surface area contributed by atoms with E-state index in [9.17, 15) is 22.9 Å². The van der Waals surface area contributed by atoms with Crippen LogP contribution in [0.3, 0.4) is 0 Å². The van der Waals surface area contributed by atoms with E-state index >= 15 is 0 Å². The monoisotopic (exact) mass is 473 g/mol. The highest BCUT2D eigenvalue weighted by atomic mass is 32.2. The van der Waals surface area contributed by atoms with Gasteiger partial charge in [-0.1, -0.05) is 19.1 Å². The van der Waals surface area contributed by atoms with Gasteiger partial charge in [-0.15, -0.1) is 0 Å². The molecule has 0 bridgehead atoms. The van der Waals surface area contributed by atoms with Crippen molar-refractivity contribution in [3.05, 3.63) is 59.4 Å². The Morgan fingerprint density at radius 1 is 1.21 bits per heavy atom. The predicted molar refractivity (Wildman–Crippen MR) is 125 cm³/mol. The molecule has 0 amide bonds. The molecule has 9 heteroatoms. The number of nitrogens with zero attached hydrogens (tertiary/aromatic N) is 3. The molecule has 33 heavy (non-hydrogen) atoms. The van der Waals surface area contributed by atoms with Gasteiger partial charge >= 0.3 is 5.97 Å². The van der Waals surface area contributed by atoms with Gasteiger partial charge in [0.2, 0.25) is 10.0 Å². The van der Waals surface area contributed by atoms with Crippen molar-refractivity contribution >= 4 is 27.4 Å². The van der Waals surface area contributed by atoms with Crippen molar-refractivity contribution in [2.75, 3.05) is 28.0 Å². The largest absolute Gasteiger partial charge is 0.462 e. The van der Waals surface area contributed by atoms with Crippen LogP contribution in [0.4, 0.5) is 15.8 Å². The summed E-state index contributed by atoms with van der Waals surface area (Å²) in [7, 11) is -3.65. The quantitative estimate of drug-likeness (QED) is 0.539. The van der Waals surface area contributed by atoms with E-state index in [2.05, 4.69) is 6.07 Å². The third kappa shape index (κ3) is 6.23. The van der Waals surface area contributed by atoms with E-state index in [0.29, 0.717) is 49.2 Å². The predicted octanol–water partition coefficient (Wildman–Crippen LogP) is 3.98. The molecule has 0 aromatic heterocycles. The van der Waals surface area contributed by atoms with Gasteiger partial charge in [-0.25, -0.2) is 12.8 Å². The molecule has 0 unspecified atom stereocenters. The van der Waals surface area contributed by atoms with Gasteiger partial charge < -0.3 is 9.64 Å². The molecule has 0 N–H and O–H groups in total. The van der Waals surface area contributed by atoms with Gasteiger partial charge in [0.05, 0.1) is 29.2 Å². The van der Waals surface area contributed by atoms with Crippen LogP contribution in [0.5, 0.6) is 0 Å². The van der Waals surface area contributed by atoms with E-state index in [4.69, 9.17) is 4.74 Å². The lowest BCUT2D eigenvalue weighted by molar-refractivity contribution is -0.147. The van der Waals surface area contributed by atoms with Crippen LogP contribution in [0.2, 0.25) is 0 Å². The normalized spacial score (nSPS) is 14.5. The lowest BCUT2D eigenvalue weighted by Crippen LogP contribution is -2.38. The molecule has 7 nitrogen and oxygen atoms in total. The van der Waals surface area contributed by atoms with Crippen LogP contribution in [0, 0.1) is 17.1 Å². The van der Waals surface area contributed by atoms with E-state index < -0.39 is 15.8 Å². The topological polar surface area (TPSA) is 90.7 Å². The summed E-state index contributed by atoms with van der Waals surface area (Å²) < 4.78 is 45.9. The highest BCUT2D eigenvalue weighted by molar-refractivity contribution is 7.92. The molecule has 176 valence electrons. The number of sulfonamides is 1. The summed E-state index contributed by atoms with van der Waals surface area (Å²) in [6, 6.07) is 12.9. The van der Waals surface area contributed by atoms with E-state index in [1.807, 2.05) is 4.90 Å². The van der Waals surface area contributed by atoms with Gasteiger partial charge in [0.15, 0.2) is 0 Å². The Balaban J connectivity index is 1.88. The number of anilines is 2. The Kier molecular flexibility index (Phi) is 7.92. The smallest absolute Gasteiger partial charge is 0.302 e. The summed E-state index contributed by atoms with van der Waals surface area (Å²) in [6.07, 6.45) is 1.64. The SMILES string of the molecule is CCCS(=O)(=O)N(Cc1ccc(F)cc1)c1ccc(N2CCC(OC(C)=O)CC2)c(C#N)c1. The minimum atomic E-state index is -3.65. The zero-order valence-electron chi connectivity index (χ0n) is 18.8. The lowest BCUT2D eigenvalue weighted by atomic mass is 10.0. The van der Waals surface area contributed by atoms with Crippen LogP contribution >= 0.6 is 0 Å². The fourth-order valence-corrected chi connectivity index (χ4v) is 5.48. The fraction of sp³-hybridized carbons (Fsp3) is 0.417. The Bertz CT molecular complexity index is 1120. The van der Waals surface area contributed by atoms with Crippen LogP contribution in [-0.4, -0.2) is 39.3 Å². The van der Waals surface area contributed by atoms with Crippen molar-refractivity contribution in [2.24, 2.45) is 0 Å². The van der Waals surface area contributed by atoms with E-state index in [-0.39, 0.29) is 24.4 Å². The summed E-state index contributed by atoms with van der Waals surface area (Å²) in [6.45, 7) is 4.47. The van der Waals surface area contributed by atoms with Gasteiger partial charge in [-0.3, -0.25) is 9.10 Å². The first-order chi connectivity index (χ1) is 15.7. The Hall–Kier alpha value is -3.12. The van der Waals surface area contributed by atoms with Crippen molar-refractivity contribution in [3.8, 4) is 6.07 Å². The third-order valence-electron chi connectivity index (χ3n) is 5.54. The lowest BCUT2D eigenvalue weighted by Gasteiger charge is -2.34. The Labute approximate surface area is 194 Å². The van der Waals surface area contributed by atoms with Crippen LogP contribution < -0.4 is 9.21 Å². The first-order valence-electron chi connectivity index (χ1n) is 10.9. The molecule has 1 fully saturated rings. The first-order valence-corrected chi connectivity index (χ1v) is 12.6. The first kappa shape index (κ1) is 24.5. The van der Waals surface area contributed by atoms with Crippen molar-refractivity contribution in [2.45, 2.75) is 45.8 Å². The molecule has 1 aliphatic heterocycles. The van der Waals surface area contributed by atoms with Crippen molar-refractivity contribution in [1.29, 1.82) is 5.26 Å². The maximum atomic E-state index is 13.3. The van der Waals surface area contributed by atoms with Crippen molar-refractivity contribution in [1.82, 2.24) is 0 Å². The van der Waals surface area contributed by atoms with Crippen molar-refractivity contribution in [3.63, 3.8) is 0 Å². The average molecular weight is 474 g/mol. The molecular weight excluding hydrogens is 445 g/mol. The summed E-state index contributed by atoms with van der Waals surface area (Å²) >= 11 is 0. The minimum absolute atomic E-state index is 0.0402. The standard InChI is InChI=1S/C24H28FN3O4S/c1-3-14-33(30,31)28(17-19-4-6-21(25)7-5-19)22-8-9-24(20(15-22)16-26)27-12-10-23(11-13-27)32-18(2)29/h4-9,15,23H,3,10-14,17H2,1-2H3. The average Bonchev–Trinajstić information content (AvgIpc) is 2.78. The van der Waals surface area contributed by atoms with Gasteiger partial charge in [0.1, 0.15) is 18.0 Å². The number of hydrogen-bond acceptors (Lipinski definition) is 6. The summed E-state index contributed by atoms with van der Waals surface area (Å²) in [5, 5.41) is 9.80. The van der Waals surface area contributed by atoms with Crippen molar-refractivity contribution < 1.29 is 22.3 Å². The van der Waals surface area contributed by atoms with Crippen LogP contribution in [0.25, 0.3) is 0 Å². The van der Waals surface area contributed by atoms with E-state index in [1.54, 1.807) is 37.3 Å². The maximum absolute atomic E-state index is 13.3. The second kappa shape index (κ2) is 10.7. The minimum Gasteiger partial charge on any atom is -0.462 e. The molecule has 0 saturated carbocycles. The number of hydrogen-bond donors (Lipinski definition) is 0. The van der Waals surface area contributed by atoms with Crippen LogP contribution in [0.1, 0.15) is 44.2 Å². The Morgan fingerprint density at radius 2 is 1.88 bits per heavy atom. The zero-order chi connectivity index (χ0) is 24.0. The number of piperidine rings is 1. The molecule has 2 aromatic rings. The molecule has 0 atom stereocenters. The van der Waals surface area contributed by atoms with E-state index in [1.165, 1.54) is 23.4 Å². The maximum Gasteiger partial charge on any atom is 0.302 e. The molecule has 0 radical (unpaired) electrons. The second-order valence-electron chi connectivity index (χ2n) is 8.06. The molecule has 1 heterocycles. The highest BCUT2D eigenvalue weighted by Gasteiger charge is 2.26. The number of esters is 1. The number of carbonyl (C=O) groups excluding carboxylic acids is 1. The number of carbonyl (C=O) groups is 1. The van der Waals surface area contributed by atoms with Gasteiger partial charge in [0, 0.05) is 32.9 Å². The molecule has 1 aliphatic rings. The van der Waals surface area contributed by atoms with Crippen LogP contribution in [0.15, 0.2) is 42.5 Å². The Morgan fingerprint density at radius 3 is 2.45 bits per heavy atom. The number of halogens is 1. The fourth-order valence-electron chi connectivity index (χ4n) is 3.97. The van der Waals surface area contributed by atoms with Gasteiger partial charge in [-0.2, -0.15) is 5.26 Å². The van der Waals surface area contributed by atoms with E-state index in [0.717, 1.165) is 5.69 Å². The third-order valence-corrected chi connectivity index (χ3v) is 7.48. The summed E-state index contributed by atoms with van der Waals surface area (Å²) in [5.74, 6) is -0.734. The molecular formula is C24H28FN3O4S. The molecule has 3 rings (SSSR count). The van der Waals surface area contributed by atoms with Crippen LogP contribution in [-0.2, 0) is 26.1 Å². The number of nitriles is 1. The molecule has 0 spiro atoms.